The van der Waals surface area contributed by atoms with Crippen LogP contribution in [0.1, 0.15) is 44.4 Å². The second-order valence-corrected chi connectivity index (χ2v) is 7.96. The number of hydrogen-bond donors (Lipinski definition) is 1. The lowest BCUT2D eigenvalue weighted by Crippen LogP contribution is -2.31. The number of hydrogen-bond acceptors (Lipinski definition) is 3. The summed E-state index contributed by atoms with van der Waals surface area (Å²) in [5.74, 6) is -2.11. The summed E-state index contributed by atoms with van der Waals surface area (Å²) in [6, 6.07) is 10.6. The number of aliphatic hydroxyl groups excluding tert-OH is 1. The van der Waals surface area contributed by atoms with E-state index in [4.69, 9.17) is 11.6 Å². The summed E-state index contributed by atoms with van der Waals surface area (Å²) in [6.07, 6.45) is 1.05. The zero-order valence-corrected chi connectivity index (χ0v) is 17.3. The van der Waals surface area contributed by atoms with Gasteiger partial charge in [0.25, 0.3) is 5.91 Å². The average molecular weight is 416 g/mol. The summed E-state index contributed by atoms with van der Waals surface area (Å²) in [5, 5.41) is 10.4. The Labute approximate surface area is 174 Å². The molecule has 0 spiro atoms. The summed E-state index contributed by atoms with van der Waals surface area (Å²) in [5.41, 5.74) is 2.17. The van der Waals surface area contributed by atoms with Crippen LogP contribution in [-0.4, -0.2) is 16.8 Å². The summed E-state index contributed by atoms with van der Waals surface area (Å²) in [4.78, 5) is 27.2. The van der Waals surface area contributed by atoms with E-state index in [1.54, 1.807) is 0 Å². The van der Waals surface area contributed by atoms with Crippen molar-refractivity contribution in [1.82, 2.24) is 0 Å². The highest BCUT2D eigenvalue weighted by Crippen LogP contribution is 2.42. The van der Waals surface area contributed by atoms with Crippen molar-refractivity contribution in [3.05, 3.63) is 75.8 Å². The first kappa shape index (κ1) is 21.1. The molecule has 0 aliphatic carbocycles. The molecule has 1 N–H and O–H groups in total. The van der Waals surface area contributed by atoms with Crippen molar-refractivity contribution in [1.29, 1.82) is 0 Å². The Morgan fingerprint density at radius 3 is 2.41 bits per heavy atom. The van der Waals surface area contributed by atoms with E-state index in [2.05, 4.69) is 0 Å². The molecular weight excluding hydrogens is 393 g/mol. The molecule has 0 saturated carbocycles. The number of nitrogens with zero attached hydrogens (tertiary/aromatic N) is 1. The number of aliphatic hydroxyl groups is 1. The molecule has 1 atom stereocenters. The second kappa shape index (κ2) is 8.37. The van der Waals surface area contributed by atoms with Crippen LogP contribution < -0.4 is 4.90 Å². The van der Waals surface area contributed by atoms with Crippen molar-refractivity contribution in [3.63, 3.8) is 0 Å². The quantitative estimate of drug-likeness (QED) is 0.672. The van der Waals surface area contributed by atoms with Gasteiger partial charge in [-0.3, -0.25) is 14.5 Å². The number of aryl methyl sites for hydroxylation is 1. The summed E-state index contributed by atoms with van der Waals surface area (Å²) < 4.78 is 13.7. The molecule has 0 radical (unpaired) electrons. The van der Waals surface area contributed by atoms with Crippen LogP contribution in [0.25, 0.3) is 0 Å². The topological polar surface area (TPSA) is 57.6 Å². The Morgan fingerprint density at radius 1 is 1.21 bits per heavy atom. The second-order valence-electron chi connectivity index (χ2n) is 7.55. The van der Waals surface area contributed by atoms with Gasteiger partial charge in [-0.15, -0.1) is 0 Å². The number of carbonyl (C=O) groups excluding carboxylic acids is 2. The van der Waals surface area contributed by atoms with Gasteiger partial charge in [-0.25, -0.2) is 4.39 Å². The average Bonchev–Trinajstić information content (AvgIpc) is 2.95. The predicted molar refractivity (Wildman–Crippen MR) is 112 cm³/mol. The molecule has 3 rings (SSSR count). The normalized spacial score (nSPS) is 16.8. The van der Waals surface area contributed by atoms with Crippen LogP contribution in [0.15, 0.2) is 53.8 Å². The highest BCUT2D eigenvalue weighted by atomic mass is 35.5. The van der Waals surface area contributed by atoms with Gasteiger partial charge in [0.15, 0.2) is 11.5 Å². The fraction of sp³-hybridized carbons (Fsp3) is 0.304. The number of rotatable bonds is 6. The van der Waals surface area contributed by atoms with Crippen molar-refractivity contribution in [2.24, 2.45) is 5.92 Å². The summed E-state index contributed by atoms with van der Waals surface area (Å²) in [7, 11) is 0. The van der Waals surface area contributed by atoms with Gasteiger partial charge in [0.2, 0.25) is 0 Å². The Bertz CT molecular complexity index is 982. The number of benzene rings is 2. The van der Waals surface area contributed by atoms with Crippen LogP contribution in [0.4, 0.5) is 10.1 Å². The molecule has 6 heteroatoms. The minimum Gasteiger partial charge on any atom is -0.503 e. The van der Waals surface area contributed by atoms with Gasteiger partial charge in [0.1, 0.15) is 5.82 Å². The van der Waals surface area contributed by atoms with E-state index in [0.29, 0.717) is 11.3 Å². The van der Waals surface area contributed by atoms with Gasteiger partial charge in [-0.1, -0.05) is 56.6 Å². The van der Waals surface area contributed by atoms with E-state index < -0.39 is 23.5 Å². The van der Waals surface area contributed by atoms with Crippen LogP contribution in [-0.2, 0) is 16.0 Å². The van der Waals surface area contributed by atoms with E-state index in [9.17, 15) is 19.1 Å². The van der Waals surface area contributed by atoms with Crippen molar-refractivity contribution in [3.8, 4) is 0 Å². The fourth-order valence-corrected chi connectivity index (χ4v) is 3.70. The lowest BCUT2D eigenvalue weighted by Gasteiger charge is -2.27. The number of anilines is 1. The van der Waals surface area contributed by atoms with Crippen LogP contribution in [0.5, 0.6) is 0 Å². The number of carbonyl (C=O) groups is 2. The van der Waals surface area contributed by atoms with E-state index in [0.717, 1.165) is 18.1 Å². The number of halogens is 2. The number of ketones is 1. The van der Waals surface area contributed by atoms with Gasteiger partial charge in [0, 0.05) is 12.1 Å². The minimum atomic E-state index is -0.804. The standard InChI is InChI=1S/C23H23ClFNO3/c1-4-14-5-7-15(8-6-14)21-20(19(27)11-13(2)3)22(28)23(29)26(21)16-9-10-18(25)17(24)12-16/h5-10,12-13,21,28H,4,11H2,1-3H3. The molecule has 1 amide bonds. The Morgan fingerprint density at radius 2 is 1.86 bits per heavy atom. The Kier molecular flexibility index (Phi) is 6.08. The van der Waals surface area contributed by atoms with Gasteiger partial charge in [0.05, 0.1) is 16.6 Å². The van der Waals surface area contributed by atoms with Gasteiger partial charge < -0.3 is 5.11 Å². The third-order valence-corrected chi connectivity index (χ3v) is 5.28. The van der Waals surface area contributed by atoms with Crippen molar-refractivity contribution >= 4 is 29.0 Å². The molecule has 4 nitrogen and oxygen atoms in total. The molecule has 2 aromatic carbocycles. The molecule has 1 aliphatic heterocycles. The van der Waals surface area contributed by atoms with E-state index in [1.165, 1.54) is 17.0 Å². The molecule has 1 aliphatic rings. The highest BCUT2D eigenvalue weighted by Gasteiger charge is 2.44. The summed E-state index contributed by atoms with van der Waals surface area (Å²) >= 11 is 5.92. The molecule has 1 unspecified atom stereocenters. The number of Topliss-reactive ketones (excluding diaryl/α,β-unsaturated/α-hetero) is 1. The third kappa shape index (κ3) is 4.06. The first-order chi connectivity index (χ1) is 13.7. The Balaban J connectivity index is 2.15. The first-order valence-corrected chi connectivity index (χ1v) is 9.96. The molecule has 0 bridgehead atoms. The lowest BCUT2D eigenvalue weighted by molar-refractivity contribution is -0.118. The molecule has 152 valence electrons. The van der Waals surface area contributed by atoms with Crippen molar-refractivity contribution in [2.45, 2.75) is 39.7 Å². The minimum absolute atomic E-state index is 0.0633. The number of amides is 1. The largest absolute Gasteiger partial charge is 0.503 e. The van der Waals surface area contributed by atoms with E-state index >= 15 is 0 Å². The van der Waals surface area contributed by atoms with Crippen LogP contribution >= 0.6 is 11.6 Å². The fourth-order valence-electron chi connectivity index (χ4n) is 3.52. The van der Waals surface area contributed by atoms with Crippen LogP contribution in [0, 0.1) is 11.7 Å². The maximum atomic E-state index is 13.7. The molecule has 1 heterocycles. The van der Waals surface area contributed by atoms with Gasteiger partial charge in [-0.05, 0) is 41.7 Å². The van der Waals surface area contributed by atoms with E-state index in [1.807, 2.05) is 45.0 Å². The molecule has 2 aromatic rings. The van der Waals surface area contributed by atoms with Crippen molar-refractivity contribution in [2.75, 3.05) is 4.90 Å². The smallest absolute Gasteiger partial charge is 0.294 e. The van der Waals surface area contributed by atoms with Crippen molar-refractivity contribution < 1.29 is 19.1 Å². The SMILES string of the molecule is CCc1ccc(C2C(C(=O)CC(C)C)=C(O)C(=O)N2c2ccc(F)c(Cl)c2)cc1. The molecule has 0 saturated heterocycles. The molecule has 0 fully saturated rings. The maximum absolute atomic E-state index is 13.7. The predicted octanol–water partition coefficient (Wildman–Crippen LogP) is 5.56. The van der Waals surface area contributed by atoms with Gasteiger partial charge >= 0.3 is 0 Å². The monoisotopic (exact) mass is 415 g/mol. The van der Waals surface area contributed by atoms with Crippen LogP contribution in [0.3, 0.4) is 0 Å². The lowest BCUT2D eigenvalue weighted by atomic mass is 9.91. The zero-order chi connectivity index (χ0) is 21.3. The van der Waals surface area contributed by atoms with E-state index in [-0.39, 0.29) is 28.7 Å². The molecule has 29 heavy (non-hydrogen) atoms. The maximum Gasteiger partial charge on any atom is 0.294 e. The summed E-state index contributed by atoms with van der Waals surface area (Å²) in [6.45, 7) is 5.83. The van der Waals surface area contributed by atoms with Crippen LogP contribution in [0.2, 0.25) is 5.02 Å². The first-order valence-electron chi connectivity index (χ1n) is 9.58. The third-order valence-electron chi connectivity index (χ3n) is 4.99. The Hall–Kier alpha value is -2.66. The van der Waals surface area contributed by atoms with Gasteiger partial charge in [-0.2, -0.15) is 0 Å². The molecular formula is C23H23ClFNO3. The zero-order valence-electron chi connectivity index (χ0n) is 16.6. The molecule has 0 aromatic heterocycles. The highest BCUT2D eigenvalue weighted by molar-refractivity contribution is 6.31.